The van der Waals surface area contributed by atoms with E-state index in [0.29, 0.717) is 0 Å². The monoisotopic (exact) mass is 292 g/mol. The van der Waals surface area contributed by atoms with E-state index in [9.17, 15) is 0 Å². The van der Waals surface area contributed by atoms with Crippen LogP contribution in [0.1, 0.15) is 24.4 Å². The Hall–Kier alpha value is -1.36. The van der Waals surface area contributed by atoms with E-state index in [2.05, 4.69) is 9.88 Å². The fourth-order valence-corrected chi connectivity index (χ4v) is 2.75. The molecule has 1 aromatic carbocycles. The summed E-state index contributed by atoms with van der Waals surface area (Å²) in [5.41, 5.74) is 7.23. The van der Waals surface area contributed by atoms with Crippen molar-refractivity contribution in [2.24, 2.45) is 12.8 Å². The SMILES string of the molecule is CC(N)C(c1ccccc1Cl)N(C)Cc1nccn1C. The topological polar surface area (TPSA) is 47.1 Å². The Morgan fingerprint density at radius 1 is 1.40 bits per heavy atom. The molecule has 0 aliphatic heterocycles. The summed E-state index contributed by atoms with van der Waals surface area (Å²) in [4.78, 5) is 6.55. The summed E-state index contributed by atoms with van der Waals surface area (Å²) in [6.07, 6.45) is 3.75. The highest BCUT2D eigenvalue weighted by Gasteiger charge is 2.24. The predicted octanol–water partition coefficient (Wildman–Crippen LogP) is 2.59. The molecule has 4 nitrogen and oxygen atoms in total. The highest BCUT2D eigenvalue weighted by molar-refractivity contribution is 6.31. The molecule has 1 aromatic heterocycles. The second-order valence-corrected chi connectivity index (χ2v) is 5.60. The van der Waals surface area contributed by atoms with Crippen LogP contribution in [0, 0.1) is 0 Å². The van der Waals surface area contributed by atoms with Gasteiger partial charge >= 0.3 is 0 Å². The first-order chi connectivity index (χ1) is 9.50. The van der Waals surface area contributed by atoms with Crippen molar-refractivity contribution < 1.29 is 0 Å². The zero-order chi connectivity index (χ0) is 14.7. The maximum absolute atomic E-state index is 6.32. The summed E-state index contributed by atoms with van der Waals surface area (Å²) >= 11 is 6.32. The number of aryl methyl sites for hydroxylation is 1. The van der Waals surface area contributed by atoms with Gasteiger partial charge in [0, 0.05) is 30.5 Å². The van der Waals surface area contributed by atoms with Crippen molar-refractivity contribution in [3.05, 3.63) is 53.1 Å². The molecule has 0 radical (unpaired) electrons. The molecule has 0 spiro atoms. The Morgan fingerprint density at radius 2 is 2.10 bits per heavy atom. The number of hydrogen-bond acceptors (Lipinski definition) is 3. The fraction of sp³-hybridized carbons (Fsp3) is 0.400. The number of likely N-dealkylation sites (N-methyl/N-ethyl adjacent to an activating group) is 1. The molecular weight excluding hydrogens is 272 g/mol. The van der Waals surface area contributed by atoms with E-state index in [-0.39, 0.29) is 12.1 Å². The average molecular weight is 293 g/mol. The third kappa shape index (κ3) is 3.20. The Labute approximate surface area is 125 Å². The van der Waals surface area contributed by atoms with Gasteiger partial charge in [-0.3, -0.25) is 4.90 Å². The van der Waals surface area contributed by atoms with Crippen molar-refractivity contribution in [2.45, 2.75) is 25.6 Å². The highest BCUT2D eigenvalue weighted by Crippen LogP contribution is 2.29. The van der Waals surface area contributed by atoms with Gasteiger partial charge in [-0.15, -0.1) is 0 Å². The number of benzene rings is 1. The van der Waals surface area contributed by atoms with Crippen LogP contribution in [-0.4, -0.2) is 27.5 Å². The van der Waals surface area contributed by atoms with Crippen LogP contribution in [0.5, 0.6) is 0 Å². The van der Waals surface area contributed by atoms with Crippen LogP contribution < -0.4 is 5.73 Å². The minimum atomic E-state index is -0.0276. The Morgan fingerprint density at radius 3 is 2.65 bits per heavy atom. The number of imidazole rings is 1. The van der Waals surface area contributed by atoms with Gasteiger partial charge in [0.25, 0.3) is 0 Å². The van der Waals surface area contributed by atoms with E-state index in [1.54, 1.807) is 6.20 Å². The lowest BCUT2D eigenvalue weighted by Crippen LogP contribution is -2.37. The Balaban J connectivity index is 2.25. The summed E-state index contributed by atoms with van der Waals surface area (Å²) in [7, 11) is 4.04. The zero-order valence-corrected chi connectivity index (χ0v) is 12.9. The molecule has 2 N–H and O–H groups in total. The van der Waals surface area contributed by atoms with Gasteiger partial charge in [-0.2, -0.15) is 0 Å². The molecule has 2 rings (SSSR count). The molecule has 0 bridgehead atoms. The van der Waals surface area contributed by atoms with Crippen LogP contribution in [0.2, 0.25) is 5.02 Å². The van der Waals surface area contributed by atoms with Gasteiger partial charge in [-0.25, -0.2) is 4.98 Å². The lowest BCUT2D eigenvalue weighted by Gasteiger charge is -2.31. The van der Waals surface area contributed by atoms with Crippen LogP contribution >= 0.6 is 11.6 Å². The van der Waals surface area contributed by atoms with E-state index in [4.69, 9.17) is 17.3 Å². The second kappa shape index (κ2) is 6.39. The molecular formula is C15H21ClN4. The Bertz CT molecular complexity index is 565. The third-order valence-electron chi connectivity index (χ3n) is 3.51. The maximum Gasteiger partial charge on any atom is 0.122 e. The van der Waals surface area contributed by atoms with Crippen LogP contribution in [-0.2, 0) is 13.6 Å². The first-order valence-electron chi connectivity index (χ1n) is 6.67. The number of nitrogens with zero attached hydrogens (tertiary/aromatic N) is 3. The summed E-state index contributed by atoms with van der Waals surface area (Å²) in [6.45, 7) is 2.73. The molecule has 0 amide bonds. The highest BCUT2D eigenvalue weighted by atomic mass is 35.5. The van der Waals surface area contributed by atoms with Crippen molar-refractivity contribution >= 4 is 11.6 Å². The van der Waals surface area contributed by atoms with Gasteiger partial charge in [0.15, 0.2) is 0 Å². The van der Waals surface area contributed by atoms with Gasteiger partial charge < -0.3 is 10.3 Å². The molecule has 0 aliphatic rings. The summed E-state index contributed by atoms with van der Waals surface area (Å²) in [5, 5.41) is 0.751. The molecule has 0 saturated heterocycles. The molecule has 5 heteroatoms. The van der Waals surface area contributed by atoms with Crippen LogP contribution in [0.4, 0.5) is 0 Å². The number of aromatic nitrogens is 2. The van der Waals surface area contributed by atoms with Crippen LogP contribution in [0.25, 0.3) is 0 Å². The van der Waals surface area contributed by atoms with Crippen molar-refractivity contribution in [3.63, 3.8) is 0 Å². The summed E-state index contributed by atoms with van der Waals surface area (Å²) in [6, 6.07) is 7.89. The smallest absolute Gasteiger partial charge is 0.122 e. The number of halogens is 1. The van der Waals surface area contributed by atoms with Crippen molar-refractivity contribution in [1.29, 1.82) is 0 Å². The standard InChI is InChI=1S/C15H21ClN4/c1-11(17)15(12-6-4-5-7-13(12)16)20(3)10-14-18-8-9-19(14)2/h4-9,11,15H,10,17H2,1-3H3. The van der Waals surface area contributed by atoms with Crippen molar-refractivity contribution in [3.8, 4) is 0 Å². The van der Waals surface area contributed by atoms with Crippen molar-refractivity contribution in [2.75, 3.05) is 7.05 Å². The van der Waals surface area contributed by atoms with E-state index in [1.165, 1.54) is 0 Å². The molecule has 2 atom stereocenters. The molecule has 2 aromatic rings. The van der Waals surface area contributed by atoms with E-state index < -0.39 is 0 Å². The average Bonchev–Trinajstić information content (AvgIpc) is 2.77. The van der Waals surface area contributed by atoms with E-state index in [0.717, 1.165) is 23.0 Å². The normalized spacial score (nSPS) is 14.5. The molecule has 0 saturated carbocycles. The fourth-order valence-electron chi connectivity index (χ4n) is 2.51. The lowest BCUT2D eigenvalue weighted by atomic mass is 9.99. The van der Waals surface area contributed by atoms with Gasteiger partial charge in [0.2, 0.25) is 0 Å². The van der Waals surface area contributed by atoms with Crippen LogP contribution in [0.3, 0.4) is 0 Å². The lowest BCUT2D eigenvalue weighted by molar-refractivity contribution is 0.204. The van der Waals surface area contributed by atoms with Crippen molar-refractivity contribution in [1.82, 2.24) is 14.5 Å². The van der Waals surface area contributed by atoms with Crippen LogP contribution in [0.15, 0.2) is 36.7 Å². The third-order valence-corrected chi connectivity index (χ3v) is 3.85. The summed E-state index contributed by atoms with van der Waals surface area (Å²) < 4.78 is 2.02. The van der Waals surface area contributed by atoms with Gasteiger partial charge in [0.1, 0.15) is 5.82 Å². The summed E-state index contributed by atoms with van der Waals surface area (Å²) in [5.74, 6) is 1.00. The Kier molecular flexibility index (Phi) is 4.81. The second-order valence-electron chi connectivity index (χ2n) is 5.19. The molecule has 0 aliphatic carbocycles. The maximum atomic E-state index is 6.32. The zero-order valence-electron chi connectivity index (χ0n) is 12.1. The molecule has 20 heavy (non-hydrogen) atoms. The van der Waals surface area contributed by atoms with E-state index >= 15 is 0 Å². The predicted molar refractivity (Wildman–Crippen MR) is 82.5 cm³/mol. The molecule has 1 heterocycles. The largest absolute Gasteiger partial charge is 0.337 e. The number of rotatable bonds is 5. The molecule has 108 valence electrons. The quantitative estimate of drug-likeness (QED) is 0.921. The van der Waals surface area contributed by atoms with Gasteiger partial charge in [-0.1, -0.05) is 29.8 Å². The minimum Gasteiger partial charge on any atom is -0.337 e. The first-order valence-corrected chi connectivity index (χ1v) is 7.05. The number of hydrogen-bond donors (Lipinski definition) is 1. The molecule has 2 unspecified atom stereocenters. The minimum absolute atomic E-state index is 0.0276. The van der Waals surface area contributed by atoms with Gasteiger partial charge in [-0.05, 0) is 25.6 Å². The molecule has 0 fully saturated rings. The van der Waals surface area contributed by atoms with Gasteiger partial charge in [0.05, 0.1) is 12.6 Å². The number of nitrogens with two attached hydrogens (primary N) is 1. The van der Waals surface area contributed by atoms with E-state index in [1.807, 2.05) is 56.0 Å². The first kappa shape index (κ1) is 15.0.